The van der Waals surface area contributed by atoms with Crippen molar-refractivity contribution in [2.24, 2.45) is 11.8 Å². The van der Waals surface area contributed by atoms with Gasteiger partial charge in [-0.05, 0) is 18.8 Å². The van der Waals surface area contributed by atoms with Gasteiger partial charge < -0.3 is 4.90 Å². The van der Waals surface area contributed by atoms with Crippen molar-refractivity contribution in [3.63, 3.8) is 0 Å². The minimum Gasteiger partial charge on any atom is -0.338 e. The Morgan fingerprint density at radius 2 is 2.00 bits per heavy atom. The van der Waals surface area contributed by atoms with E-state index in [1.54, 1.807) is 0 Å². The molecule has 1 fully saturated rings. The summed E-state index contributed by atoms with van der Waals surface area (Å²) in [4.78, 5) is 14.4. The fraction of sp³-hybridized carbons (Fsp3) is 0.923. The van der Waals surface area contributed by atoms with Gasteiger partial charge in [0.05, 0.1) is 0 Å². The van der Waals surface area contributed by atoms with E-state index in [1.807, 2.05) is 11.8 Å². The van der Waals surface area contributed by atoms with Crippen LogP contribution in [0.25, 0.3) is 0 Å². The van der Waals surface area contributed by atoms with Crippen molar-refractivity contribution in [2.75, 3.05) is 12.4 Å². The van der Waals surface area contributed by atoms with E-state index >= 15 is 0 Å². The molecule has 2 nitrogen and oxygen atoms in total. The number of amides is 1. The van der Waals surface area contributed by atoms with Gasteiger partial charge in [0.15, 0.2) is 0 Å². The van der Waals surface area contributed by atoms with E-state index in [1.165, 1.54) is 12.8 Å². The molecule has 0 aromatic heterocycles. The summed E-state index contributed by atoms with van der Waals surface area (Å²) in [5.74, 6) is 1.40. The van der Waals surface area contributed by atoms with Crippen molar-refractivity contribution in [1.29, 1.82) is 0 Å². The molecule has 0 spiro atoms. The average Bonchev–Trinajstić information content (AvgIpc) is 2.51. The molecule has 94 valence electrons. The quantitative estimate of drug-likeness (QED) is 0.699. The molecule has 0 aliphatic carbocycles. The van der Waals surface area contributed by atoms with Crippen LogP contribution >= 0.6 is 11.6 Å². The van der Waals surface area contributed by atoms with Gasteiger partial charge in [-0.25, -0.2) is 0 Å². The lowest BCUT2D eigenvalue weighted by molar-refractivity contribution is -0.138. The topological polar surface area (TPSA) is 20.3 Å². The summed E-state index contributed by atoms with van der Waals surface area (Å²) in [6.07, 6.45) is 4.63. The van der Waals surface area contributed by atoms with Gasteiger partial charge in [0.1, 0.15) is 0 Å². The van der Waals surface area contributed by atoms with Crippen LogP contribution < -0.4 is 0 Å². The Hall–Kier alpha value is -0.240. The lowest BCUT2D eigenvalue weighted by Gasteiger charge is -2.32. The Morgan fingerprint density at radius 3 is 2.56 bits per heavy atom. The van der Waals surface area contributed by atoms with Gasteiger partial charge in [-0.1, -0.05) is 33.6 Å². The van der Waals surface area contributed by atoms with Crippen LogP contribution in [0.3, 0.4) is 0 Å². The summed E-state index contributed by atoms with van der Waals surface area (Å²) >= 11 is 5.98. The van der Waals surface area contributed by atoms with E-state index in [-0.39, 0.29) is 12.0 Å². The molecule has 0 N–H and O–H groups in total. The highest BCUT2D eigenvalue weighted by Gasteiger charge is 2.29. The number of carbonyl (C=O) groups excluding carboxylic acids is 1. The van der Waals surface area contributed by atoms with Crippen LogP contribution in [-0.4, -0.2) is 29.3 Å². The van der Waals surface area contributed by atoms with E-state index in [0.717, 1.165) is 19.4 Å². The largest absolute Gasteiger partial charge is 0.338 e. The molecule has 16 heavy (non-hydrogen) atoms. The first-order valence-electron chi connectivity index (χ1n) is 6.44. The Labute approximate surface area is 104 Å². The number of alkyl halides is 1. The van der Waals surface area contributed by atoms with E-state index in [2.05, 4.69) is 13.8 Å². The molecular weight excluding hydrogens is 222 g/mol. The molecule has 0 bridgehead atoms. The fourth-order valence-electron chi connectivity index (χ4n) is 2.17. The number of likely N-dealkylation sites (tertiary alicyclic amines) is 1. The minimum absolute atomic E-state index is 0.115. The lowest BCUT2D eigenvalue weighted by atomic mass is 9.96. The Balaban J connectivity index is 2.69. The summed E-state index contributed by atoms with van der Waals surface area (Å²) in [6.45, 7) is 7.14. The standard InChI is InChI=1S/C13H24ClNO/c1-10(2)11(3)13(16)15-8-6-4-5-7-12(15)9-14/h10-12H,4-9H2,1-3H3. The SMILES string of the molecule is CC(C)C(C)C(=O)N1CCCCCC1CCl. The monoisotopic (exact) mass is 245 g/mol. The Kier molecular flexibility index (Phi) is 5.60. The number of carbonyl (C=O) groups is 1. The molecule has 2 unspecified atom stereocenters. The second kappa shape index (κ2) is 6.48. The zero-order chi connectivity index (χ0) is 12.1. The highest BCUT2D eigenvalue weighted by atomic mass is 35.5. The fourth-order valence-corrected chi connectivity index (χ4v) is 2.50. The summed E-state index contributed by atoms with van der Waals surface area (Å²) < 4.78 is 0. The molecule has 0 radical (unpaired) electrons. The van der Waals surface area contributed by atoms with E-state index in [0.29, 0.717) is 17.7 Å². The second-order valence-corrected chi connectivity index (χ2v) is 5.53. The van der Waals surface area contributed by atoms with Crippen molar-refractivity contribution in [3.05, 3.63) is 0 Å². The Morgan fingerprint density at radius 1 is 1.31 bits per heavy atom. The van der Waals surface area contributed by atoms with Crippen molar-refractivity contribution < 1.29 is 4.79 Å². The third-order valence-electron chi connectivity index (χ3n) is 3.73. The van der Waals surface area contributed by atoms with Crippen molar-refractivity contribution in [2.45, 2.75) is 52.5 Å². The molecule has 0 aromatic carbocycles. The van der Waals surface area contributed by atoms with Crippen LogP contribution in [0.4, 0.5) is 0 Å². The molecule has 1 aliphatic heterocycles. The van der Waals surface area contributed by atoms with Crippen LogP contribution in [0.2, 0.25) is 0 Å². The average molecular weight is 246 g/mol. The molecule has 1 amide bonds. The van der Waals surface area contributed by atoms with Crippen molar-refractivity contribution in [1.82, 2.24) is 4.90 Å². The number of halogens is 1. The number of rotatable bonds is 3. The molecule has 1 aliphatic rings. The molecule has 1 rings (SSSR count). The van der Waals surface area contributed by atoms with Crippen LogP contribution in [0.15, 0.2) is 0 Å². The summed E-state index contributed by atoms with van der Waals surface area (Å²) in [5.41, 5.74) is 0. The van der Waals surface area contributed by atoms with Crippen LogP contribution in [-0.2, 0) is 4.79 Å². The van der Waals surface area contributed by atoms with Crippen LogP contribution in [0, 0.1) is 11.8 Å². The molecular formula is C13H24ClNO. The number of nitrogens with zero attached hydrogens (tertiary/aromatic N) is 1. The van der Waals surface area contributed by atoms with E-state index < -0.39 is 0 Å². The van der Waals surface area contributed by atoms with Gasteiger partial charge in [-0.2, -0.15) is 0 Å². The van der Waals surface area contributed by atoms with E-state index in [4.69, 9.17) is 11.6 Å². The van der Waals surface area contributed by atoms with Crippen LogP contribution in [0.5, 0.6) is 0 Å². The number of hydrogen-bond donors (Lipinski definition) is 0. The predicted molar refractivity (Wildman–Crippen MR) is 68.7 cm³/mol. The second-order valence-electron chi connectivity index (χ2n) is 5.22. The summed E-state index contributed by atoms with van der Waals surface area (Å²) in [7, 11) is 0. The van der Waals surface area contributed by atoms with Gasteiger partial charge in [0.2, 0.25) is 5.91 Å². The highest BCUT2D eigenvalue weighted by Crippen LogP contribution is 2.22. The highest BCUT2D eigenvalue weighted by molar-refractivity contribution is 6.18. The molecule has 1 heterocycles. The maximum atomic E-state index is 12.3. The zero-order valence-electron chi connectivity index (χ0n) is 10.7. The van der Waals surface area contributed by atoms with Gasteiger partial charge in [0.25, 0.3) is 0 Å². The molecule has 2 atom stereocenters. The maximum absolute atomic E-state index is 12.3. The predicted octanol–water partition coefficient (Wildman–Crippen LogP) is 3.29. The minimum atomic E-state index is 0.115. The lowest BCUT2D eigenvalue weighted by Crippen LogP contribution is -2.44. The van der Waals surface area contributed by atoms with Gasteiger partial charge in [-0.15, -0.1) is 11.6 Å². The molecule has 0 aromatic rings. The smallest absolute Gasteiger partial charge is 0.225 e. The summed E-state index contributed by atoms with van der Waals surface area (Å²) in [5, 5.41) is 0. The van der Waals surface area contributed by atoms with E-state index in [9.17, 15) is 4.79 Å². The third kappa shape index (κ3) is 3.38. The summed E-state index contributed by atoms with van der Waals surface area (Å²) in [6, 6.07) is 0.262. The normalized spacial score (nSPS) is 24.3. The van der Waals surface area contributed by atoms with Gasteiger partial charge in [0, 0.05) is 24.4 Å². The molecule has 0 saturated carbocycles. The zero-order valence-corrected chi connectivity index (χ0v) is 11.5. The first-order valence-corrected chi connectivity index (χ1v) is 6.97. The first-order chi connectivity index (χ1) is 7.57. The third-order valence-corrected chi connectivity index (χ3v) is 4.08. The van der Waals surface area contributed by atoms with Crippen molar-refractivity contribution >= 4 is 17.5 Å². The van der Waals surface area contributed by atoms with Gasteiger partial charge >= 0.3 is 0 Å². The maximum Gasteiger partial charge on any atom is 0.225 e. The van der Waals surface area contributed by atoms with Gasteiger partial charge in [-0.3, -0.25) is 4.79 Å². The first kappa shape index (κ1) is 13.8. The number of hydrogen-bond acceptors (Lipinski definition) is 1. The molecule has 1 saturated heterocycles. The Bertz CT molecular complexity index is 230. The van der Waals surface area contributed by atoms with Crippen molar-refractivity contribution in [3.8, 4) is 0 Å². The van der Waals surface area contributed by atoms with Crippen LogP contribution in [0.1, 0.15) is 46.5 Å². The molecule has 3 heteroatoms.